The van der Waals surface area contributed by atoms with E-state index in [0.29, 0.717) is 38.3 Å². The summed E-state index contributed by atoms with van der Waals surface area (Å²) in [6.07, 6.45) is 1.43. The van der Waals surface area contributed by atoms with Crippen LogP contribution in [-0.2, 0) is 11.8 Å². The van der Waals surface area contributed by atoms with Gasteiger partial charge in [-0.25, -0.2) is 0 Å². The Bertz CT molecular complexity index is 1330. The summed E-state index contributed by atoms with van der Waals surface area (Å²) in [5, 5.41) is 12.1. The van der Waals surface area contributed by atoms with Gasteiger partial charge in [0.2, 0.25) is 5.95 Å². The number of nitrogens with one attached hydrogen (secondary N) is 2. The van der Waals surface area contributed by atoms with Gasteiger partial charge in [0.25, 0.3) is 11.5 Å². The lowest BCUT2D eigenvalue weighted by Gasteiger charge is -2.10. The lowest BCUT2D eigenvalue weighted by molar-refractivity contribution is -0.118. The standard InChI is InChI=1S/C18H15Cl2N7O3/c1-9-5-14(22-15(28)8-30-13-4-3-10(19)6-12(13)20)27(25-9)18-23-16-11(17(29)24-18)7-21-26(16)2/h3-7H,8H2,1-2H3,(H,22,28)(H,23,24,29). The summed E-state index contributed by atoms with van der Waals surface area (Å²) >= 11 is 11.9. The van der Waals surface area contributed by atoms with Crippen LogP contribution >= 0.6 is 23.2 Å². The first-order valence-corrected chi connectivity index (χ1v) is 9.44. The predicted molar refractivity (Wildman–Crippen MR) is 112 cm³/mol. The van der Waals surface area contributed by atoms with Crippen molar-refractivity contribution in [3.8, 4) is 11.7 Å². The Hall–Kier alpha value is -3.37. The van der Waals surface area contributed by atoms with Gasteiger partial charge in [-0.15, -0.1) is 0 Å². The van der Waals surface area contributed by atoms with Crippen molar-refractivity contribution in [3.05, 3.63) is 56.6 Å². The zero-order valence-corrected chi connectivity index (χ0v) is 17.3. The van der Waals surface area contributed by atoms with Crippen LogP contribution in [0.25, 0.3) is 17.0 Å². The Morgan fingerprint density at radius 2 is 2.10 bits per heavy atom. The molecule has 0 radical (unpaired) electrons. The van der Waals surface area contributed by atoms with Crippen LogP contribution in [0.15, 0.2) is 35.3 Å². The summed E-state index contributed by atoms with van der Waals surface area (Å²) in [4.78, 5) is 31.8. The second kappa shape index (κ2) is 7.81. The van der Waals surface area contributed by atoms with E-state index in [9.17, 15) is 9.59 Å². The molecular formula is C18H15Cl2N7O3. The Balaban J connectivity index is 1.57. The van der Waals surface area contributed by atoms with Gasteiger partial charge in [0.1, 0.15) is 17.0 Å². The molecule has 4 rings (SSSR count). The molecule has 0 saturated heterocycles. The van der Waals surface area contributed by atoms with E-state index in [0.717, 1.165) is 0 Å². The largest absolute Gasteiger partial charge is 0.482 e. The number of ether oxygens (including phenoxy) is 1. The highest BCUT2D eigenvalue weighted by Gasteiger charge is 2.16. The molecule has 2 N–H and O–H groups in total. The van der Waals surface area contributed by atoms with E-state index in [1.165, 1.54) is 21.6 Å². The smallest absolute Gasteiger partial charge is 0.263 e. The van der Waals surface area contributed by atoms with Crippen LogP contribution in [0.5, 0.6) is 5.75 Å². The quantitative estimate of drug-likeness (QED) is 0.484. The fourth-order valence-electron chi connectivity index (χ4n) is 2.79. The van der Waals surface area contributed by atoms with Gasteiger partial charge in [-0.3, -0.25) is 19.3 Å². The molecule has 4 aromatic rings. The molecule has 30 heavy (non-hydrogen) atoms. The van der Waals surface area contributed by atoms with Gasteiger partial charge in [0.05, 0.1) is 16.9 Å². The average molecular weight is 448 g/mol. The number of H-pyrrole nitrogens is 1. The Kier molecular flexibility index (Phi) is 5.18. The van der Waals surface area contributed by atoms with E-state index < -0.39 is 5.91 Å². The third kappa shape index (κ3) is 3.87. The van der Waals surface area contributed by atoms with Gasteiger partial charge in [-0.05, 0) is 25.1 Å². The maximum Gasteiger partial charge on any atom is 0.263 e. The number of halogens is 2. The van der Waals surface area contributed by atoms with E-state index in [1.54, 1.807) is 32.2 Å². The summed E-state index contributed by atoms with van der Waals surface area (Å²) in [6, 6.07) is 6.34. The average Bonchev–Trinajstić information content (AvgIpc) is 3.24. The first-order chi connectivity index (χ1) is 14.3. The summed E-state index contributed by atoms with van der Waals surface area (Å²) in [5.41, 5.74) is 0.633. The van der Waals surface area contributed by atoms with Crippen LogP contribution in [0.3, 0.4) is 0 Å². The zero-order valence-electron chi connectivity index (χ0n) is 15.8. The van der Waals surface area contributed by atoms with Crippen molar-refractivity contribution in [2.45, 2.75) is 6.92 Å². The maximum atomic E-state index is 12.4. The van der Waals surface area contributed by atoms with Crippen LogP contribution in [0, 0.1) is 6.92 Å². The molecule has 0 aliphatic rings. The number of nitrogens with zero attached hydrogens (tertiary/aromatic N) is 5. The molecule has 12 heteroatoms. The highest BCUT2D eigenvalue weighted by molar-refractivity contribution is 6.35. The van der Waals surface area contributed by atoms with Crippen molar-refractivity contribution in [2.24, 2.45) is 7.05 Å². The highest BCUT2D eigenvalue weighted by atomic mass is 35.5. The molecule has 0 atom stereocenters. The van der Waals surface area contributed by atoms with Crippen molar-refractivity contribution >= 4 is 46.0 Å². The Morgan fingerprint density at radius 1 is 1.30 bits per heavy atom. The van der Waals surface area contributed by atoms with Crippen LogP contribution in [0.4, 0.5) is 5.82 Å². The van der Waals surface area contributed by atoms with E-state index >= 15 is 0 Å². The molecule has 3 heterocycles. The third-order valence-corrected chi connectivity index (χ3v) is 4.67. The van der Waals surface area contributed by atoms with Gasteiger partial charge >= 0.3 is 0 Å². The lowest BCUT2D eigenvalue weighted by Crippen LogP contribution is -2.23. The predicted octanol–water partition coefficient (Wildman–Crippen LogP) is 2.48. The van der Waals surface area contributed by atoms with Gasteiger partial charge in [-0.1, -0.05) is 23.2 Å². The van der Waals surface area contributed by atoms with Crippen LogP contribution in [0.1, 0.15) is 5.69 Å². The van der Waals surface area contributed by atoms with E-state index in [4.69, 9.17) is 27.9 Å². The molecular weight excluding hydrogens is 433 g/mol. The maximum absolute atomic E-state index is 12.4. The minimum absolute atomic E-state index is 0.140. The van der Waals surface area contributed by atoms with Gasteiger partial charge in [-0.2, -0.15) is 19.9 Å². The number of fused-ring (bicyclic) bond motifs is 1. The summed E-state index contributed by atoms with van der Waals surface area (Å²) < 4.78 is 8.25. The van der Waals surface area contributed by atoms with E-state index in [2.05, 4.69) is 25.5 Å². The second-order valence-corrected chi connectivity index (χ2v) is 7.23. The van der Waals surface area contributed by atoms with Crippen LogP contribution in [-0.4, -0.2) is 42.0 Å². The molecule has 10 nitrogen and oxygen atoms in total. The van der Waals surface area contributed by atoms with Gasteiger partial charge in [0.15, 0.2) is 12.3 Å². The Morgan fingerprint density at radius 3 is 2.87 bits per heavy atom. The molecule has 154 valence electrons. The number of anilines is 1. The molecule has 3 aromatic heterocycles. The number of carbonyl (C=O) groups is 1. The fourth-order valence-corrected chi connectivity index (χ4v) is 3.25. The molecule has 0 bridgehead atoms. The van der Waals surface area contributed by atoms with Crippen LogP contribution in [0.2, 0.25) is 10.0 Å². The molecule has 1 amide bonds. The molecule has 0 aliphatic heterocycles. The van der Waals surface area contributed by atoms with Crippen molar-refractivity contribution in [1.82, 2.24) is 29.5 Å². The van der Waals surface area contributed by atoms with E-state index in [1.807, 2.05) is 0 Å². The topological polar surface area (TPSA) is 120 Å². The minimum atomic E-state index is -0.453. The third-order valence-electron chi connectivity index (χ3n) is 4.14. The number of benzene rings is 1. The van der Waals surface area contributed by atoms with Crippen molar-refractivity contribution in [2.75, 3.05) is 11.9 Å². The number of hydrogen-bond donors (Lipinski definition) is 2. The molecule has 0 unspecified atom stereocenters. The number of carbonyl (C=O) groups excluding carboxylic acids is 1. The molecule has 0 saturated carbocycles. The van der Waals surface area contributed by atoms with Crippen molar-refractivity contribution in [3.63, 3.8) is 0 Å². The van der Waals surface area contributed by atoms with E-state index in [-0.39, 0.29) is 18.1 Å². The van der Waals surface area contributed by atoms with Gasteiger partial charge < -0.3 is 10.1 Å². The first-order valence-electron chi connectivity index (χ1n) is 8.68. The minimum Gasteiger partial charge on any atom is -0.482 e. The molecule has 0 spiro atoms. The monoisotopic (exact) mass is 447 g/mol. The van der Waals surface area contributed by atoms with Crippen molar-refractivity contribution in [1.29, 1.82) is 0 Å². The normalized spacial score (nSPS) is 11.1. The Labute approximate surface area is 179 Å². The number of amides is 1. The van der Waals surface area contributed by atoms with Gasteiger partial charge in [0, 0.05) is 18.1 Å². The fraction of sp³-hybridized carbons (Fsp3) is 0.167. The highest BCUT2D eigenvalue weighted by Crippen LogP contribution is 2.27. The number of hydrogen-bond acceptors (Lipinski definition) is 6. The SMILES string of the molecule is Cc1cc(NC(=O)COc2ccc(Cl)cc2Cl)n(-c2nc3c(cnn3C)c(=O)[nH]2)n1. The summed E-state index contributed by atoms with van der Waals surface area (Å²) in [6.45, 7) is 1.45. The lowest BCUT2D eigenvalue weighted by atomic mass is 10.3. The van der Waals surface area contributed by atoms with Crippen LogP contribution < -0.4 is 15.6 Å². The second-order valence-electron chi connectivity index (χ2n) is 6.39. The number of aromatic amines is 1. The molecule has 0 aliphatic carbocycles. The summed E-state index contributed by atoms with van der Waals surface area (Å²) in [5.74, 6) is 0.328. The molecule has 1 aromatic carbocycles. The zero-order chi connectivity index (χ0) is 21.4. The number of rotatable bonds is 5. The first kappa shape index (κ1) is 19.9. The van der Waals surface area contributed by atoms with Crippen molar-refractivity contribution < 1.29 is 9.53 Å². The summed E-state index contributed by atoms with van der Waals surface area (Å²) in [7, 11) is 1.68. The molecule has 0 fully saturated rings. The number of aryl methyl sites for hydroxylation is 2. The number of aromatic nitrogens is 6.